The van der Waals surface area contributed by atoms with Crippen molar-refractivity contribution < 1.29 is 9.18 Å². The van der Waals surface area contributed by atoms with Crippen molar-refractivity contribution in [1.29, 1.82) is 0 Å². The molecule has 1 amide bonds. The van der Waals surface area contributed by atoms with Gasteiger partial charge in [-0.05, 0) is 30.2 Å². The van der Waals surface area contributed by atoms with Gasteiger partial charge in [-0.3, -0.25) is 4.79 Å². The number of amides is 1. The number of benzene rings is 2. The molecule has 1 N–H and O–H groups in total. The summed E-state index contributed by atoms with van der Waals surface area (Å²) in [5, 5.41) is 2.71. The molecule has 2 aromatic rings. The van der Waals surface area contributed by atoms with E-state index < -0.39 is 5.82 Å². The van der Waals surface area contributed by atoms with E-state index in [1.54, 1.807) is 6.07 Å². The quantitative estimate of drug-likeness (QED) is 0.916. The van der Waals surface area contributed by atoms with E-state index in [4.69, 9.17) is 0 Å². The number of hydrogen-bond donors (Lipinski definition) is 1. The molecule has 2 rings (SSSR count). The molecule has 2 aromatic carbocycles. The molecular weight excluding hydrogens is 309 g/mol. The van der Waals surface area contributed by atoms with Crippen molar-refractivity contribution in [1.82, 2.24) is 5.32 Å². The number of nitrogens with one attached hydrogen (secondary N) is 1. The first-order valence-corrected chi connectivity index (χ1v) is 6.73. The zero-order valence-electron chi connectivity index (χ0n) is 10.2. The summed E-state index contributed by atoms with van der Waals surface area (Å²) in [6, 6.07) is 14.2. The molecule has 0 radical (unpaired) electrons. The Kier molecular flexibility index (Phi) is 4.68. The van der Waals surface area contributed by atoms with E-state index in [2.05, 4.69) is 21.2 Å². The van der Waals surface area contributed by atoms with Gasteiger partial charge in [-0.2, -0.15) is 0 Å². The molecule has 0 aliphatic carbocycles. The van der Waals surface area contributed by atoms with Gasteiger partial charge in [-0.15, -0.1) is 0 Å². The largest absolute Gasteiger partial charge is 0.352 e. The highest BCUT2D eigenvalue weighted by molar-refractivity contribution is 9.10. The lowest BCUT2D eigenvalue weighted by Crippen LogP contribution is -2.26. The van der Waals surface area contributed by atoms with Crippen LogP contribution in [-0.2, 0) is 6.42 Å². The monoisotopic (exact) mass is 321 g/mol. The van der Waals surface area contributed by atoms with Crippen molar-refractivity contribution in [3.63, 3.8) is 0 Å². The summed E-state index contributed by atoms with van der Waals surface area (Å²) in [5.74, 6) is -0.910. The molecule has 0 fully saturated rings. The lowest BCUT2D eigenvalue weighted by atomic mass is 10.1. The van der Waals surface area contributed by atoms with Gasteiger partial charge in [0.2, 0.25) is 0 Å². The zero-order chi connectivity index (χ0) is 13.7. The minimum atomic E-state index is -0.522. The van der Waals surface area contributed by atoms with Crippen LogP contribution in [0.3, 0.4) is 0 Å². The van der Waals surface area contributed by atoms with Crippen LogP contribution in [0.15, 0.2) is 53.0 Å². The highest BCUT2D eigenvalue weighted by Gasteiger charge is 2.10. The fraction of sp³-hybridized carbons (Fsp3) is 0.133. The van der Waals surface area contributed by atoms with Gasteiger partial charge in [-0.25, -0.2) is 4.39 Å². The Hall–Kier alpha value is -1.68. The molecule has 0 aromatic heterocycles. The van der Waals surface area contributed by atoms with E-state index in [9.17, 15) is 9.18 Å². The summed E-state index contributed by atoms with van der Waals surface area (Å²) in [6.45, 7) is 0.484. The molecule has 0 heterocycles. The smallest absolute Gasteiger partial charge is 0.254 e. The van der Waals surface area contributed by atoms with E-state index in [-0.39, 0.29) is 11.5 Å². The van der Waals surface area contributed by atoms with Crippen LogP contribution in [0.2, 0.25) is 0 Å². The van der Waals surface area contributed by atoms with Crippen LogP contribution < -0.4 is 5.32 Å². The lowest BCUT2D eigenvalue weighted by Gasteiger charge is -2.06. The van der Waals surface area contributed by atoms with Gasteiger partial charge in [0.15, 0.2) is 0 Å². The van der Waals surface area contributed by atoms with Gasteiger partial charge in [0.25, 0.3) is 5.91 Å². The van der Waals surface area contributed by atoms with Crippen LogP contribution in [0, 0.1) is 5.82 Å². The number of carbonyl (C=O) groups excluding carboxylic acids is 1. The van der Waals surface area contributed by atoms with Crippen LogP contribution in [-0.4, -0.2) is 12.5 Å². The molecule has 0 aliphatic rings. The van der Waals surface area contributed by atoms with Crippen molar-refractivity contribution in [3.05, 3.63) is 69.9 Å². The highest BCUT2D eigenvalue weighted by Crippen LogP contribution is 2.15. The van der Waals surface area contributed by atoms with Crippen molar-refractivity contribution in [3.8, 4) is 0 Å². The fourth-order valence-electron chi connectivity index (χ4n) is 1.73. The maximum atomic E-state index is 13.6. The van der Waals surface area contributed by atoms with Gasteiger partial charge < -0.3 is 5.32 Å². The van der Waals surface area contributed by atoms with Crippen molar-refractivity contribution in [2.75, 3.05) is 6.54 Å². The van der Waals surface area contributed by atoms with Crippen molar-refractivity contribution in [2.24, 2.45) is 0 Å². The third-order valence-electron chi connectivity index (χ3n) is 2.72. The molecule has 0 atom stereocenters. The second-order valence-corrected chi connectivity index (χ2v) is 5.03. The predicted molar refractivity (Wildman–Crippen MR) is 76.6 cm³/mol. The first-order chi connectivity index (χ1) is 9.16. The van der Waals surface area contributed by atoms with E-state index >= 15 is 0 Å². The second-order valence-electron chi connectivity index (χ2n) is 4.12. The number of carbonyl (C=O) groups is 1. The average molecular weight is 322 g/mol. The Morgan fingerprint density at radius 2 is 1.89 bits per heavy atom. The molecule has 0 saturated heterocycles. The van der Waals surface area contributed by atoms with E-state index in [1.807, 2.05) is 30.3 Å². The first kappa shape index (κ1) is 13.7. The number of rotatable bonds is 4. The van der Waals surface area contributed by atoms with Gasteiger partial charge in [0.05, 0.1) is 5.56 Å². The topological polar surface area (TPSA) is 29.1 Å². The molecule has 19 heavy (non-hydrogen) atoms. The Labute approximate surface area is 119 Å². The van der Waals surface area contributed by atoms with Crippen LogP contribution in [0.1, 0.15) is 15.9 Å². The molecule has 0 saturated carbocycles. The summed E-state index contributed by atoms with van der Waals surface area (Å²) in [4.78, 5) is 11.8. The van der Waals surface area contributed by atoms with Crippen molar-refractivity contribution >= 4 is 21.8 Å². The van der Waals surface area contributed by atoms with Gasteiger partial charge in [0, 0.05) is 11.0 Å². The SMILES string of the molecule is O=C(NCCc1ccccc1)c1ccc(Br)cc1F. The van der Waals surface area contributed by atoms with Gasteiger partial charge >= 0.3 is 0 Å². The zero-order valence-corrected chi connectivity index (χ0v) is 11.8. The van der Waals surface area contributed by atoms with Crippen molar-refractivity contribution in [2.45, 2.75) is 6.42 Å². The predicted octanol–water partition coefficient (Wildman–Crippen LogP) is 3.56. The molecular formula is C15H13BrFNO. The van der Waals surface area contributed by atoms with Crippen LogP contribution in [0.4, 0.5) is 4.39 Å². The molecule has 0 unspecified atom stereocenters. The maximum Gasteiger partial charge on any atom is 0.254 e. The fourth-order valence-corrected chi connectivity index (χ4v) is 2.07. The molecule has 0 aliphatic heterocycles. The lowest BCUT2D eigenvalue weighted by molar-refractivity contribution is 0.0950. The van der Waals surface area contributed by atoms with E-state index in [1.165, 1.54) is 12.1 Å². The summed E-state index contributed by atoms with van der Waals surface area (Å²) < 4.78 is 14.2. The van der Waals surface area contributed by atoms with Gasteiger partial charge in [0.1, 0.15) is 5.82 Å². The minimum Gasteiger partial charge on any atom is -0.352 e. The average Bonchev–Trinajstić information content (AvgIpc) is 2.39. The second kappa shape index (κ2) is 6.48. The molecule has 0 bridgehead atoms. The minimum absolute atomic E-state index is 0.0660. The number of hydrogen-bond acceptors (Lipinski definition) is 1. The first-order valence-electron chi connectivity index (χ1n) is 5.94. The normalized spacial score (nSPS) is 10.2. The third-order valence-corrected chi connectivity index (χ3v) is 3.21. The van der Waals surface area contributed by atoms with Crippen LogP contribution in [0.5, 0.6) is 0 Å². The Balaban J connectivity index is 1.91. The molecule has 0 spiro atoms. The Morgan fingerprint density at radius 1 is 1.16 bits per heavy atom. The summed E-state index contributed by atoms with van der Waals surface area (Å²) >= 11 is 3.16. The molecule has 98 valence electrons. The van der Waals surface area contributed by atoms with E-state index in [0.717, 1.165) is 12.0 Å². The number of halogens is 2. The summed E-state index contributed by atoms with van der Waals surface area (Å²) in [6.07, 6.45) is 0.727. The Bertz CT molecular complexity index is 572. The van der Waals surface area contributed by atoms with Crippen LogP contribution >= 0.6 is 15.9 Å². The molecule has 4 heteroatoms. The highest BCUT2D eigenvalue weighted by atomic mass is 79.9. The van der Waals surface area contributed by atoms with Gasteiger partial charge in [-0.1, -0.05) is 46.3 Å². The third kappa shape index (κ3) is 3.89. The van der Waals surface area contributed by atoms with Crippen LogP contribution in [0.25, 0.3) is 0 Å². The summed E-state index contributed by atoms with van der Waals surface area (Å²) in [5.41, 5.74) is 1.20. The standard InChI is InChI=1S/C15H13BrFNO/c16-12-6-7-13(14(17)10-12)15(19)18-9-8-11-4-2-1-3-5-11/h1-7,10H,8-9H2,(H,18,19). The molecule has 2 nitrogen and oxygen atoms in total. The van der Waals surface area contributed by atoms with E-state index in [0.29, 0.717) is 11.0 Å². The summed E-state index contributed by atoms with van der Waals surface area (Å²) in [7, 11) is 0. The maximum absolute atomic E-state index is 13.6. The Morgan fingerprint density at radius 3 is 2.58 bits per heavy atom.